The van der Waals surface area contributed by atoms with Crippen LogP contribution in [0.2, 0.25) is 10.0 Å². The topological polar surface area (TPSA) is 78.9 Å². The van der Waals surface area contributed by atoms with E-state index in [2.05, 4.69) is 0 Å². The number of carbonyl (C=O) groups is 1. The molecule has 2 aromatic rings. The zero-order chi connectivity index (χ0) is 26.2. The molecule has 2 aromatic carbocycles. The van der Waals surface area contributed by atoms with E-state index in [0.717, 1.165) is 11.1 Å². The molecule has 0 bridgehead atoms. The predicted octanol–water partition coefficient (Wildman–Crippen LogP) is 5.89. The minimum Gasteiger partial charge on any atom is -0.490 e. The fraction of sp³-hybridized carbons (Fsp3) is 0.440. The molecular weight excluding hydrogens is 535 g/mol. The lowest BCUT2D eigenvalue weighted by Gasteiger charge is -2.27. The van der Waals surface area contributed by atoms with Gasteiger partial charge in [-0.25, -0.2) is 8.42 Å². The highest BCUT2D eigenvalue weighted by atomic mass is 35.5. The minimum absolute atomic E-state index is 0.0401. The van der Waals surface area contributed by atoms with Crippen LogP contribution in [-0.2, 0) is 24.8 Å². The first-order valence-corrected chi connectivity index (χ1v) is 14.1. The summed E-state index contributed by atoms with van der Waals surface area (Å²) in [7, 11) is -3.34. The maximum absolute atomic E-state index is 11.9. The highest BCUT2D eigenvalue weighted by molar-refractivity contribution is 7.91. The van der Waals surface area contributed by atoms with Gasteiger partial charge in [-0.3, -0.25) is 4.79 Å². The molecule has 1 radical (unpaired) electrons. The van der Waals surface area contributed by atoms with Crippen LogP contribution >= 0.6 is 34.8 Å². The van der Waals surface area contributed by atoms with Gasteiger partial charge in [0.25, 0.3) is 0 Å². The van der Waals surface area contributed by atoms with E-state index in [-0.39, 0.29) is 18.1 Å². The van der Waals surface area contributed by atoms with E-state index in [0.29, 0.717) is 34.0 Å². The Labute approximate surface area is 222 Å². The third kappa shape index (κ3) is 8.74. The summed E-state index contributed by atoms with van der Waals surface area (Å²) in [6.45, 7) is 7.09. The number of ether oxygens (including phenoxy) is 3. The van der Waals surface area contributed by atoms with Gasteiger partial charge in [-0.1, -0.05) is 56.1 Å². The number of carbonyl (C=O) groups excluding carboxylic acids is 1. The fourth-order valence-corrected chi connectivity index (χ4v) is 4.97. The smallest absolute Gasteiger partial charge is 0.303 e. The van der Waals surface area contributed by atoms with Crippen LogP contribution in [0.15, 0.2) is 36.4 Å². The summed E-state index contributed by atoms with van der Waals surface area (Å²) in [6, 6.07) is 11.0. The van der Waals surface area contributed by atoms with Crippen LogP contribution in [0.5, 0.6) is 11.5 Å². The molecule has 1 atom stereocenters. The Kier molecular flexibility index (Phi) is 11.0. The van der Waals surface area contributed by atoms with Crippen LogP contribution in [0.4, 0.5) is 0 Å². The summed E-state index contributed by atoms with van der Waals surface area (Å²) >= 11 is 18.5. The van der Waals surface area contributed by atoms with Crippen molar-refractivity contribution in [2.75, 3.05) is 30.6 Å². The van der Waals surface area contributed by atoms with Gasteiger partial charge >= 0.3 is 5.97 Å². The Balaban J connectivity index is 2.15. The third-order valence-corrected chi connectivity index (χ3v) is 7.94. The number of esters is 1. The second-order valence-electron chi connectivity index (χ2n) is 8.41. The maximum Gasteiger partial charge on any atom is 0.303 e. The second kappa shape index (κ2) is 13.0. The molecule has 0 fully saturated rings. The molecule has 0 aromatic heterocycles. The summed E-state index contributed by atoms with van der Waals surface area (Å²) in [6.07, 6.45) is 0.869. The van der Waals surface area contributed by atoms with Crippen molar-refractivity contribution in [1.82, 2.24) is 0 Å². The fourth-order valence-electron chi connectivity index (χ4n) is 3.32. The third-order valence-electron chi connectivity index (χ3n) is 5.40. The highest BCUT2D eigenvalue weighted by Crippen LogP contribution is 2.40. The Morgan fingerprint density at radius 2 is 1.66 bits per heavy atom. The van der Waals surface area contributed by atoms with Gasteiger partial charge in [0, 0.05) is 30.4 Å². The summed E-state index contributed by atoms with van der Waals surface area (Å²) in [4.78, 5) is 11.4. The van der Waals surface area contributed by atoms with Gasteiger partial charge in [0.2, 0.25) is 0 Å². The van der Waals surface area contributed by atoms with E-state index < -0.39 is 27.3 Å². The lowest BCUT2D eigenvalue weighted by molar-refractivity contribution is -0.146. The van der Waals surface area contributed by atoms with Gasteiger partial charge in [-0.15, -0.1) is 11.6 Å². The molecule has 10 heteroatoms. The van der Waals surface area contributed by atoms with Crippen molar-refractivity contribution < 1.29 is 27.4 Å². The predicted molar refractivity (Wildman–Crippen MR) is 141 cm³/mol. The summed E-state index contributed by atoms with van der Waals surface area (Å²) in [5.74, 6) is 0.396. The van der Waals surface area contributed by atoms with E-state index >= 15 is 0 Å². The average molecular weight is 565 g/mol. The van der Waals surface area contributed by atoms with Gasteiger partial charge in [-0.2, -0.15) is 0 Å². The summed E-state index contributed by atoms with van der Waals surface area (Å²) in [5.41, 5.74) is 1.43. The SMILES string of the molecule is CCS(=O)(=O)C[C@H](COc1ccc(C(C)(C)c2cc(Cl)c(OC[CH]CCl)c(Cl)c2)cc1)OC(C)=O. The molecule has 0 spiro atoms. The quantitative estimate of drug-likeness (QED) is 0.172. The number of hydrogen-bond acceptors (Lipinski definition) is 6. The molecule has 0 aliphatic carbocycles. The van der Waals surface area contributed by atoms with E-state index in [1.54, 1.807) is 25.5 Å². The number of halogens is 3. The molecular formula is C25H30Cl3O6S. The van der Waals surface area contributed by atoms with Gasteiger partial charge in [-0.05, 0) is 35.4 Å². The average Bonchev–Trinajstić information content (AvgIpc) is 2.79. The molecule has 193 valence electrons. The van der Waals surface area contributed by atoms with Gasteiger partial charge in [0.05, 0.1) is 22.4 Å². The maximum atomic E-state index is 11.9. The molecule has 0 aliphatic heterocycles. The minimum atomic E-state index is -3.34. The van der Waals surface area contributed by atoms with Gasteiger partial charge in [0.1, 0.15) is 18.5 Å². The molecule has 0 N–H and O–H groups in total. The van der Waals surface area contributed by atoms with Crippen molar-refractivity contribution in [3.8, 4) is 11.5 Å². The highest BCUT2D eigenvalue weighted by Gasteiger charge is 2.26. The second-order valence-corrected chi connectivity index (χ2v) is 11.9. The van der Waals surface area contributed by atoms with Gasteiger partial charge in [0.15, 0.2) is 15.6 Å². The molecule has 0 amide bonds. The Bertz CT molecular complexity index is 1080. The standard InChI is InChI=1S/C25H30Cl3O6S/c1-5-35(30,31)16-21(34-17(2)29)15-33-20-9-7-18(8-10-20)25(3,4)19-13-22(27)24(23(28)14-19)32-12-6-11-26/h6-10,13-14,21H,5,11-12,15-16H2,1-4H3/t21-/m0/s1. The van der Waals surface area contributed by atoms with Gasteiger partial charge < -0.3 is 14.2 Å². The first kappa shape index (κ1) is 29.6. The molecule has 0 heterocycles. The number of benzene rings is 2. The van der Waals surface area contributed by atoms with Crippen LogP contribution in [0.3, 0.4) is 0 Å². The molecule has 0 saturated carbocycles. The van der Waals surface area contributed by atoms with Crippen LogP contribution in [0.25, 0.3) is 0 Å². The monoisotopic (exact) mass is 563 g/mol. The molecule has 0 aliphatic rings. The number of rotatable bonds is 13. The Morgan fingerprint density at radius 3 is 2.17 bits per heavy atom. The van der Waals surface area contributed by atoms with Crippen molar-refractivity contribution in [2.24, 2.45) is 0 Å². The van der Waals surface area contributed by atoms with E-state index in [1.165, 1.54) is 6.92 Å². The van der Waals surface area contributed by atoms with E-state index in [4.69, 9.17) is 49.0 Å². The van der Waals surface area contributed by atoms with Crippen LogP contribution < -0.4 is 9.47 Å². The number of alkyl halides is 1. The Morgan fingerprint density at radius 1 is 1.06 bits per heavy atom. The first-order chi connectivity index (χ1) is 16.4. The first-order valence-electron chi connectivity index (χ1n) is 11.0. The number of hydrogen-bond donors (Lipinski definition) is 0. The van der Waals surface area contributed by atoms with Crippen molar-refractivity contribution in [2.45, 2.75) is 39.2 Å². The zero-order valence-electron chi connectivity index (χ0n) is 20.1. The summed E-state index contributed by atoms with van der Waals surface area (Å²) in [5, 5.41) is 0.809. The Hall–Kier alpha value is -1.67. The molecule has 0 unspecified atom stereocenters. The molecule has 6 nitrogen and oxygen atoms in total. The van der Waals surface area contributed by atoms with Crippen molar-refractivity contribution >= 4 is 50.6 Å². The lowest BCUT2D eigenvalue weighted by atomic mass is 9.78. The normalized spacial score (nSPS) is 12.8. The molecule has 0 saturated heterocycles. The lowest BCUT2D eigenvalue weighted by Crippen LogP contribution is -2.32. The van der Waals surface area contributed by atoms with E-state index in [9.17, 15) is 13.2 Å². The van der Waals surface area contributed by atoms with Crippen LogP contribution in [-0.4, -0.2) is 51.1 Å². The largest absolute Gasteiger partial charge is 0.490 e. The van der Waals surface area contributed by atoms with Crippen molar-refractivity contribution in [3.63, 3.8) is 0 Å². The molecule has 2 rings (SSSR count). The zero-order valence-corrected chi connectivity index (χ0v) is 23.2. The molecule has 35 heavy (non-hydrogen) atoms. The van der Waals surface area contributed by atoms with Crippen LogP contribution in [0.1, 0.15) is 38.8 Å². The van der Waals surface area contributed by atoms with Crippen molar-refractivity contribution in [3.05, 3.63) is 64.0 Å². The van der Waals surface area contributed by atoms with E-state index in [1.807, 2.05) is 38.1 Å². The van der Waals surface area contributed by atoms with Crippen molar-refractivity contribution in [1.29, 1.82) is 0 Å². The number of sulfone groups is 1. The van der Waals surface area contributed by atoms with Crippen LogP contribution in [0, 0.1) is 6.42 Å². The summed E-state index contributed by atoms with van der Waals surface area (Å²) < 4.78 is 40.4.